The van der Waals surface area contributed by atoms with Gasteiger partial charge in [-0.3, -0.25) is 9.59 Å². The van der Waals surface area contributed by atoms with E-state index in [1.165, 1.54) is 0 Å². The van der Waals surface area contributed by atoms with Gasteiger partial charge in [-0.25, -0.2) is 0 Å². The molecule has 0 heterocycles. The van der Waals surface area contributed by atoms with E-state index >= 15 is 0 Å². The second-order valence-corrected chi connectivity index (χ2v) is 6.79. The van der Waals surface area contributed by atoms with Gasteiger partial charge in [-0.1, -0.05) is 13.8 Å². The smallest absolute Gasteiger partial charge is 0.319 e. The number of carbonyl (C=O) groups excluding carboxylic acids is 2. The fraction of sp³-hybridized carbons (Fsp3) is 0.875. The van der Waals surface area contributed by atoms with Crippen LogP contribution in [0.5, 0.6) is 0 Å². The van der Waals surface area contributed by atoms with Crippen molar-refractivity contribution in [2.75, 3.05) is 13.2 Å². The molecular formula is C16H27NO3. The van der Waals surface area contributed by atoms with Crippen LogP contribution in [0, 0.1) is 11.3 Å². The zero-order valence-corrected chi connectivity index (χ0v) is 13.0. The minimum Gasteiger partial charge on any atom is -0.465 e. The summed E-state index contributed by atoms with van der Waals surface area (Å²) in [5, 5.41) is 3.60. The van der Waals surface area contributed by atoms with E-state index in [1.807, 2.05) is 0 Å². The fourth-order valence-electron chi connectivity index (χ4n) is 3.54. The van der Waals surface area contributed by atoms with Crippen molar-refractivity contribution in [3.05, 3.63) is 0 Å². The molecule has 2 bridgehead atoms. The lowest BCUT2D eigenvalue weighted by Crippen LogP contribution is -2.61. The van der Waals surface area contributed by atoms with Crippen LogP contribution >= 0.6 is 0 Å². The molecule has 1 N–H and O–H groups in total. The molecule has 0 unspecified atom stereocenters. The second-order valence-electron chi connectivity index (χ2n) is 6.79. The Morgan fingerprint density at radius 3 is 2.45 bits per heavy atom. The fourth-order valence-corrected chi connectivity index (χ4v) is 3.54. The first kappa shape index (κ1) is 15.5. The number of rotatable bonds is 6. The van der Waals surface area contributed by atoms with Crippen LogP contribution in [0.3, 0.4) is 0 Å². The number of hydrogen-bond donors (Lipinski definition) is 1. The van der Waals surface area contributed by atoms with Crippen LogP contribution in [-0.2, 0) is 14.3 Å². The van der Waals surface area contributed by atoms with Gasteiger partial charge in [0.05, 0.1) is 6.61 Å². The van der Waals surface area contributed by atoms with Gasteiger partial charge in [0.2, 0.25) is 0 Å². The molecule has 4 nitrogen and oxygen atoms in total. The highest BCUT2D eigenvalue weighted by molar-refractivity contribution is 6.05. The van der Waals surface area contributed by atoms with E-state index in [4.69, 9.17) is 4.74 Å². The highest BCUT2D eigenvalue weighted by Gasteiger charge is 2.58. The van der Waals surface area contributed by atoms with Gasteiger partial charge in [-0.15, -0.1) is 0 Å². The molecule has 0 spiro atoms. The quantitative estimate of drug-likeness (QED) is 0.600. The molecule has 0 radical (unpaired) electrons. The summed E-state index contributed by atoms with van der Waals surface area (Å²) in [6.45, 7) is 7.52. The van der Waals surface area contributed by atoms with E-state index in [9.17, 15) is 9.59 Å². The van der Waals surface area contributed by atoms with Gasteiger partial charge < -0.3 is 10.1 Å². The van der Waals surface area contributed by atoms with Gasteiger partial charge in [0.25, 0.3) is 0 Å². The number of hydrogen-bond acceptors (Lipinski definition) is 4. The molecule has 0 aromatic carbocycles. The molecule has 114 valence electrons. The molecular weight excluding hydrogens is 254 g/mol. The molecule has 0 aromatic rings. The molecule has 4 heteroatoms. The Balaban J connectivity index is 1.99. The first-order valence-corrected chi connectivity index (χ1v) is 7.90. The van der Waals surface area contributed by atoms with Gasteiger partial charge in [0, 0.05) is 12.0 Å². The van der Waals surface area contributed by atoms with Gasteiger partial charge >= 0.3 is 5.97 Å². The SMILES string of the molecule is CCOC(=O)C12CCC(NCCC(C)C)(CC1)CC2=O. The van der Waals surface area contributed by atoms with Crippen LogP contribution in [-0.4, -0.2) is 30.4 Å². The molecule has 0 aromatic heterocycles. The maximum Gasteiger partial charge on any atom is 0.319 e. The third-order valence-electron chi connectivity index (χ3n) is 4.98. The highest BCUT2D eigenvalue weighted by atomic mass is 16.5. The predicted molar refractivity (Wildman–Crippen MR) is 77.3 cm³/mol. The predicted octanol–water partition coefficient (Wildman–Crippen LogP) is 2.46. The van der Waals surface area contributed by atoms with E-state index in [-0.39, 0.29) is 17.3 Å². The monoisotopic (exact) mass is 281 g/mol. The topological polar surface area (TPSA) is 55.4 Å². The van der Waals surface area contributed by atoms with Crippen molar-refractivity contribution in [3.8, 4) is 0 Å². The van der Waals surface area contributed by atoms with E-state index in [1.54, 1.807) is 6.92 Å². The molecule has 0 aliphatic heterocycles. The number of nitrogens with one attached hydrogen (secondary N) is 1. The van der Waals surface area contributed by atoms with Crippen LogP contribution in [0.2, 0.25) is 0 Å². The van der Waals surface area contributed by atoms with Crippen LogP contribution in [0.25, 0.3) is 0 Å². The number of carbonyl (C=O) groups is 2. The maximum atomic E-state index is 12.5. The van der Waals surface area contributed by atoms with Crippen LogP contribution in [0.1, 0.15) is 59.3 Å². The van der Waals surface area contributed by atoms with E-state index in [0.29, 0.717) is 31.8 Å². The Labute approximate surface area is 121 Å². The average molecular weight is 281 g/mol. The lowest BCUT2D eigenvalue weighted by atomic mass is 9.56. The lowest BCUT2D eigenvalue weighted by Gasteiger charge is -2.51. The van der Waals surface area contributed by atoms with Crippen molar-refractivity contribution in [3.63, 3.8) is 0 Å². The maximum absolute atomic E-state index is 12.5. The van der Waals surface area contributed by atoms with Crippen molar-refractivity contribution in [2.45, 2.75) is 64.8 Å². The molecule has 3 aliphatic carbocycles. The highest BCUT2D eigenvalue weighted by Crippen LogP contribution is 2.50. The molecule has 20 heavy (non-hydrogen) atoms. The van der Waals surface area contributed by atoms with Crippen molar-refractivity contribution in [1.82, 2.24) is 5.32 Å². The van der Waals surface area contributed by atoms with Crippen LogP contribution < -0.4 is 5.32 Å². The first-order chi connectivity index (χ1) is 9.44. The summed E-state index contributed by atoms with van der Waals surface area (Å²) in [6.07, 6.45) is 4.74. The number of fused-ring (bicyclic) bond motifs is 3. The van der Waals surface area contributed by atoms with E-state index < -0.39 is 5.41 Å². The van der Waals surface area contributed by atoms with Crippen LogP contribution in [0.15, 0.2) is 0 Å². The van der Waals surface area contributed by atoms with Gasteiger partial charge in [0.1, 0.15) is 5.41 Å². The number of ether oxygens (including phenoxy) is 1. The zero-order chi connectivity index (χ0) is 14.8. The van der Waals surface area contributed by atoms with Crippen molar-refractivity contribution >= 4 is 11.8 Å². The number of esters is 1. The van der Waals surface area contributed by atoms with Crippen molar-refractivity contribution in [2.24, 2.45) is 11.3 Å². The van der Waals surface area contributed by atoms with E-state index in [0.717, 1.165) is 25.8 Å². The summed E-state index contributed by atoms with van der Waals surface area (Å²) in [5.74, 6) is 0.464. The summed E-state index contributed by atoms with van der Waals surface area (Å²) in [4.78, 5) is 24.6. The first-order valence-electron chi connectivity index (χ1n) is 7.90. The third kappa shape index (κ3) is 2.76. The Hall–Kier alpha value is -0.900. The molecule has 3 rings (SSSR count). The average Bonchev–Trinajstić information content (AvgIpc) is 2.39. The lowest BCUT2D eigenvalue weighted by molar-refractivity contribution is -0.168. The summed E-state index contributed by atoms with van der Waals surface area (Å²) < 4.78 is 5.14. The zero-order valence-electron chi connectivity index (χ0n) is 13.0. The Kier molecular flexibility index (Phi) is 4.52. The standard InChI is InChI=1S/C16H27NO3/c1-4-20-14(19)16-8-6-15(7-9-16,11-13(16)18)17-10-5-12(2)3/h12,17H,4-11H2,1-3H3. The Morgan fingerprint density at radius 1 is 1.30 bits per heavy atom. The third-order valence-corrected chi connectivity index (χ3v) is 4.98. The molecule has 0 saturated heterocycles. The van der Waals surface area contributed by atoms with Gasteiger partial charge in [0.15, 0.2) is 5.78 Å². The van der Waals surface area contributed by atoms with Crippen molar-refractivity contribution in [1.29, 1.82) is 0 Å². The summed E-state index contributed by atoms with van der Waals surface area (Å²) in [6, 6.07) is 0. The Bertz CT molecular complexity index is 381. The Morgan fingerprint density at radius 2 is 1.95 bits per heavy atom. The minimum atomic E-state index is -0.822. The minimum absolute atomic E-state index is 0.0553. The van der Waals surface area contributed by atoms with Gasteiger partial charge in [-0.2, -0.15) is 0 Å². The molecule has 3 saturated carbocycles. The molecule has 3 fully saturated rings. The van der Waals surface area contributed by atoms with Crippen LogP contribution in [0.4, 0.5) is 0 Å². The molecule has 0 amide bonds. The summed E-state index contributed by atoms with van der Waals surface area (Å²) in [5.41, 5.74) is -0.877. The van der Waals surface area contributed by atoms with Crippen molar-refractivity contribution < 1.29 is 14.3 Å². The molecule has 0 atom stereocenters. The summed E-state index contributed by atoms with van der Waals surface area (Å²) in [7, 11) is 0. The van der Waals surface area contributed by atoms with Gasteiger partial charge in [-0.05, 0) is 51.5 Å². The largest absolute Gasteiger partial charge is 0.465 e. The second kappa shape index (κ2) is 5.84. The normalized spacial score (nSPS) is 32.7. The number of ketones is 1. The number of Topliss-reactive ketones (excluding diaryl/α,β-unsaturated/α-hetero) is 1. The van der Waals surface area contributed by atoms with E-state index in [2.05, 4.69) is 19.2 Å². The molecule has 3 aliphatic rings. The summed E-state index contributed by atoms with van der Waals surface area (Å²) >= 11 is 0.